The highest BCUT2D eigenvalue weighted by Crippen LogP contribution is 2.32. The minimum atomic E-state index is 1.03. The Morgan fingerprint density at radius 1 is 1.20 bits per heavy atom. The molecule has 0 radical (unpaired) electrons. The molecular formula is C10H22. The van der Waals surface area contributed by atoms with Crippen LogP contribution in [0.5, 0.6) is 0 Å². The molecule has 1 saturated carbocycles. The predicted molar refractivity (Wildman–Crippen MR) is 48.1 cm³/mol. The van der Waals surface area contributed by atoms with E-state index in [1.54, 1.807) is 0 Å². The fraction of sp³-hybridized carbons (Fsp3) is 1.00. The molecule has 0 amide bonds. The average molecular weight is 142 g/mol. The third-order valence-electron chi connectivity index (χ3n) is 2.56. The molecule has 0 aromatic carbocycles. The average Bonchev–Trinajstić information content (AvgIpc) is 2.39. The highest BCUT2D eigenvalue weighted by molar-refractivity contribution is 4.72. The van der Waals surface area contributed by atoms with Crippen molar-refractivity contribution in [2.24, 2.45) is 11.8 Å². The van der Waals surface area contributed by atoms with Crippen LogP contribution in [0.2, 0.25) is 0 Å². The molecule has 0 heterocycles. The second kappa shape index (κ2) is 5.76. The molecule has 62 valence electrons. The fourth-order valence-electron chi connectivity index (χ4n) is 1.83. The Morgan fingerprint density at radius 3 is 2.00 bits per heavy atom. The molecule has 0 nitrogen and oxygen atoms in total. The molecular weight excluding hydrogens is 120 g/mol. The topological polar surface area (TPSA) is 0 Å². The van der Waals surface area contributed by atoms with Crippen LogP contribution in [0.4, 0.5) is 0 Å². The van der Waals surface area contributed by atoms with E-state index in [0.717, 1.165) is 11.8 Å². The lowest BCUT2D eigenvalue weighted by atomic mass is 9.96. The van der Waals surface area contributed by atoms with Crippen molar-refractivity contribution in [3.05, 3.63) is 0 Å². The number of rotatable bonds is 1. The SMILES string of the molecule is CC.CC[C@H]1CCCC1C. The van der Waals surface area contributed by atoms with Gasteiger partial charge in [-0.1, -0.05) is 53.4 Å². The summed E-state index contributed by atoms with van der Waals surface area (Å²) >= 11 is 0. The summed E-state index contributed by atoms with van der Waals surface area (Å²) in [6.45, 7) is 8.70. The van der Waals surface area contributed by atoms with Crippen molar-refractivity contribution in [3.63, 3.8) is 0 Å². The van der Waals surface area contributed by atoms with E-state index >= 15 is 0 Å². The van der Waals surface area contributed by atoms with Gasteiger partial charge in [-0.25, -0.2) is 0 Å². The lowest BCUT2D eigenvalue weighted by molar-refractivity contribution is 0.407. The van der Waals surface area contributed by atoms with Crippen molar-refractivity contribution in [3.8, 4) is 0 Å². The predicted octanol–water partition coefficient (Wildman–Crippen LogP) is 3.86. The molecule has 0 aromatic rings. The highest BCUT2D eigenvalue weighted by atomic mass is 14.3. The third kappa shape index (κ3) is 2.72. The Kier molecular flexibility index (Phi) is 5.76. The second-order valence-corrected chi connectivity index (χ2v) is 3.08. The first-order chi connectivity index (χ1) is 4.84. The zero-order chi connectivity index (χ0) is 7.98. The van der Waals surface area contributed by atoms with E-state index in [-0.39, 0.29) is 0 Å². The summed E-state index contributed by atoms with van der Waals surface area (Å²) in [5.41, 5.74) is 0. The summed E-state index contributed by atoms with van der Waals surface area (Å²) < 4.78 is 0. The van der Waals surface area contributed by atoms with Gasteiger partial charge in [0.1, 0.15) is 0 Å². The van der Waals surface area contributed by atoms with Crippen molar-refractivity contribution >= 4 is 0 Å². The molecule has 0 heteroatoms. The fourth-order valence-corrected chi connectivity index (χ4v) is 1.83. The minimum Gasteiger partial charge on any atom is -0.0683 e. The van der Waals surface area contributed by atoms with Gasteiger partial charge in [-0.2, -0.15) is 0 Å². The minimum absolute atomic E-state index is 1.03. The van der Waals surface area contributed by atoms with Gasteiger partial charge in [0.15, 0.2) is 0 Å². The van der Waals surface area contributed by atoms with Crippen LogP contribution in [-0.2, 0) is 0 Å². The van der Waals surface area contributed by atoms with Gasteiger partial charge >= 0.3 is 0 Å². The molecule has 1 unspecified atom stereocenters. The van der Waals surface area contributed by atoms with Gasteiger partial charge < -0.3 is 0 Å². The third-order valence-corrected chi connectivity index (χ3v) is 2.56. The van der Waals surface area contributed by atoms with Crippen molar-refractivity contribution < 1.29 is 0 Å². The number of hydrogen-bond acceptors (Lipinski definition) is 0. The van der Waals surface area contributed by atoms with E-state index < -0.39 is 0 Å². The molecule has 0 aromatic heterocycles. The van der Waals surface area contributed by atoms with Gasteiger partial charge in [0.2, 0.25) is 0 Å². The normalized spacial score (nSPS) is 31.2. The zero-order valence-corrected chi connectivity index (χ0v) is 7.98. The smallest absolute Gasteiger partial charge is 0.0391 e. The quantitative estimate of drug-likeness (QED) is 0.521. The summed E-state index contributed by atoms with van der Waals surface area (Å²) in [4.78, 5) is 0. The van der Waals surface area contributed by atoms with Gasteiger partial charge in [-0.3, -0.25) is 0 Å². The molecule has 1 aliphatic carbocycles. The van der Waals surface area contributed by atoms with Gasteiger partial charge in [0.25, 0.3) is 0 Å². The molecule has 1 rings (SSSR count). The second-order valence-electron chi connectivity index (χ2n) is 3.08. The van der Waals surface area contributed by atoms with Gasteiger partial charge in [-0.15, -0.1) is 0 Å². The van der Waals surface area contributed by atoms with Gasteiger partial charge in [-0.05, 0) is 11.8 Å². The largest absolute Gasteiger partial charge is 0.0683 e. The van der Waals surface area contributed by atoms with E-state index in [4.69, 9.17) is 0 Å². The highest BCUT2D eigenvalue weighted by Gasteiger charge is 2.20. The first-order valence-corrected chi connectivity index (χ1v) is 4.84. The summed E-state index contributed by atoms with van der Waals surface area (Å²) in [7, 11) is 0. The Labute approximate surface area is 66.0 Å². The standard InChI is InChI=1S/C8H16.C2H6/c1-3-8-6-4-5-7(8)2;1-2/h7-8H,3-6H2,1-2H3;1-2H3/t7?,8-;/m0./s1. The molecule has 0 aliphatic heterocycles. The molecule has 0 bridgehead atoms. The van der Waals surface area contributed by atoms with Crippen molar-refractivity contribution in [2.75, 3.05) is 0 Å². The van der Waals surface area contributed by atoms with Crippen LogP contribution in [0.3, 0.4) is 0 Å². The summed E-state index contributed by atoms with van der Waals surface area (Å²) in [5.74, 6) is 2.09. The van der Waals surface area contributed by atoms with Crippen LogP contribution in [0.25, 0.3) is 0 Å². The van der Waals surface area contributed by atoms with Crippen molar-refractivity contribution in [1.82, 2.24) is 0 Å². The molecule has 10 heavy (non-hydrogen) atoms. The summed E-state index contributed by atoms with van der Waals surface area (Å²) in [5, 5.41) is 0. The molecule has 1 aliphatic rings. The first kappa shape index (κ1) is 10.0. The van der Waals surface area contributed by atoms with Crippen LogP contribution in [-0.4, -0.2) is 0 Å². The molecule has 0 N–H and O–H groups in total. The van der Waals surface area contributed by atoms with Crippen LogP contribution < -0.4 is 0 Å². The molecule has 0 saturated heterocycles. The lowest BCUT2D eigenvalue weighted by Gasteiger charge is -2.10. The van der Waals surface area contributed by atoms with E-state index in [1.807, 2.05) is 13.8 Å². The van der Waals surface area contributed by atoms with E-state index in [9.17, 15) is 0 Å². The van der Waals surface area contributed by atoms with E-state index in [1.165, 1.54) is 25.7 Å². The first-order valence-electron chi connectivity index (χ1n) is 4.84. The van der Waals surface area contributed by atoms with Gasteiger partial charge in [0.05, 0.1) is 0 Å². The van der Waals surface area contributed by atoms with E-state index in [2.05, 4.69) is 13.8 Å². The summed E-state index contributed by atoms with van der Waals surface area (Å²) in [6, 6.07) is 0. The molecule has 1 fully saturated rings. The lowest BCUT2D eigenvalue weighted by Crippen LogP contribution is -2.00. The van der Waals surface area contributed by atoms with Crippen LogP contribution >= 0.6 is 0 Å². The Balaban J connectivity index is 0.000000371. The number of hydrogen-bond donors (Lipinski definition) is 0. The Bertz CT molecular complexity index is 66.4. The monoisotopic (exact) mass is 142 g/mol. The van der Waals surface area contributed by atoms with Crippen molar-refractivity contribution in [2.45, 2.75) is 53.4 Å². The van der Waals surface area contributed by atoms with Gasteiger partial charge in [0, 0.05) is 0 Å². The van der Waals surface area contributed by atoms with Crippen LogP contribution in [0.1, 0.15) is 53.4 Å². The molecule has 2 atom stereocenters. The van der Waals surface area contributed by atoms with Crippen molar-refractivity contribution in [1.29, 1.82) is 0 Å². The van der Waals surface area contributed by atoms with Crippen LogP contribution in [0, 0.1) is 11.8 Å². The van der Waals surface area contributed by atoms with E-state index in [0.29, 0.717) is 0 Å². The Hall–Kier alpha value is 0. The zero-order valence-electron chi connectivity index (χ0n) is 7.98. The maximum absolute atomic E-state index is 2.39. The Morgan fingerprint density at radius 2 is 1.80 bits per heavy atom. The van der Waals surface area contributed by atoms with Crippen LogP contribution in [0.15, 0.2) is 0 Å². The maximum atomic E-state index is 2.39. The summed E-state index contributed by atoms with van der Waals surface area (Å²) in [6.07, 6.45) is 5.87. The molecule has 0 spiro atoms. The maximum Gasteiger partial charge on any atom is -0.0391 e.